The SMILES string of the molecule is CCCN(CCC)C(C)Br. The lowest BCUT2D eigenvalue weighted by molar-refractivity contribution is 0.272. The lowest BCUT2D eigenvalue weighted by Gasteiger charge is -2.23. The number of hydrogen-bond acceptors (Lipinski definition) is 1. The molecule has 2 heteroatoms. The van der Waals surface area contributed by atoms with Gasteiger partial charge in [-0.3, -0.25) is 4.90 Å². The maximum absolute atomic E-state index is 3.57. The second-order valence-corrected chi connectivity index (χ2v) is 3.94. The first-order valence-corrected chi connectivity index (χ1v) is 5.02. The van der Waals surface area contributed by atoms with E-state index in [0.717, 1.165) is 0 Å². The standard InChI is InChI=1S/C8H18BrN/c1-4-6-10(7-5-2)8(3)9/h8H,4-7H2,1-3H3. The molecule has 0 rings (SSSR count). The highest BCUT2D eigenvalue weighted by Crippen LogP contribution is 2.07. The summed E-state index contributed by atoms with van der Waals surface area (Å²) in [6, 6.07) is 0. The van der Waals surface area contributed by atoms with Crippen LogP contribution in [0.25, 0.3) is 0 Å². The summed E-state index contributed by atoms with van der Waals surface area (Å²) in [6.07, 6.45) is 2.49. The predicted octanol–water partition coefficient (Wildman–Crippen LogP) is 2.85. The van der Waals surface area contributed by atoms with Crippen molar-refractivity contribution in [3.8, 4) is 0 Å². The number of rotatable bonds is 5. The van der Waals surface area contributed by atoms with Crippen molar-refractivity contribution in [3.63, 3.8) is 0 Å². The van der Waals surface area contributed by atoms with E-state index in [4.69, 9.17) is 0 Å². The van der Waals surface area contributed by atoms with E-state index in [2.05, 4.69) is 41.6 Å². The third-order valence-electron chi connectivity index (χ3n) is 1.52. The molecule has 10 heavy (non-hydrogen) atoms. The monoisotopic (exact) mass is 207 g/mol. The second kappa shape index (κ2) is 6.17. The lowest BCUT2D eigenvalue weighted by Crippen LogP contribution is -2.30. The van der Waals surface area contributed by atoms with Crippen LogP contribution < -0.4 is 0 Å². The summed E-state index contributed by atoms with van der Waals surface area (Å²) in [4.78, 5) is 2.98. The lowest BCUT2D eigenvalue weighted by atomic mass is 10.3. The number of halogens is 1. The fourth-order valence-corrected chi connectivity index (χ4v) is 1.45. The van der Waals surface area contributed by atoms with Gasteiger partial charge in [0.05, 0.1) is 4.95 Å². The Kier molecular flexibility index (Phi) is 6.44. The maximum Gasteiger partial charge on any atom is 0.0626 e. The minimum absolute atomic E-state index is 0.535. The molecular formula is C8H18BrN. The van der Waals surface area contributed by atoms with Gasteiger partial charge in [0.1, 0.15) is 0 Å². The third-order valence-corrected chi connectivity index (χ3v) is 2.10. The summed E-state index contributed by atoms with van der Waals surface area (Å²) in [5.41, 5.74) is 0. The van der Waals surface area contributed by atoms with Crippen molar-refractivity contribution in [3.05, 3.63) is 0 Å². The molecule has 0 heterocycles. The summed E-state index contributed by atoms with van der Waals surface area (Å²) in [6.45, 7) is 9.04. The van der Waals surface area contributed by atoms with Crippen LogP contribution in [0.15, 0.2) is 0 Å². The quantitative estimate of drug-likeness (QED) is 0.496. The topological polar surface area (TPSA) is 3.24 Å². The van der Waals surface area contributed by atoms with Gasteiger partial charge in [-0.15, -0.1) is 0 Å². The molecule has 0 amide bonds. The first-order valence-electron chi connectivity index (χ1n) is 4.10. The van der Waals surface area contributed by atoms with Gasteiger partial charge in [-0.1, -0.05) is 29.8 Å². The molecule has 0 aliphatic heterocycles. The van der Waals surface area contributed by atoms with Crippen molar-refractivity contribution in [1.29, 1.82) is 0 Å². The zero-order valence-electron chi connectivity index (χ0n) is 7.23. The van der Waals surface area contributed by atoms with Gasteiger partial charge in [0, 0.05) is 0 Å². The Labute approximate surface area is 72.9 Å². The molecule has 0 aromatic heterocycles. The van der Waals surface area contributed by atoms with Gasteiger partial charge in [-0.05, 0) is 32.9 Å². The van der Waals surface area contributed by atoms with Crippen LogP contribution in [0.3, 0.4) is 0 Å². The molecule has 1 unspecified atom stereocenters. The molecule has 0 N–H and O–H groups in total. The summed E-state index contributed by atoms with van der Waals surface area (Å²) in [7, 11) is 0. The minimum Gasteiger partial charge on any atom is -0.291 e. The summed E-state index contributed by atoms with van der Waals surface area (Å²) < 4.78 is 0. The zero-order valence-corrected chi connectivity index (χ0v) is 8.82. The molecule has 0 fully saturated rings. The molecule has 0 saturated heterocycles. The maximum atomic E-state index is 3.57. The van der Waals surface area contributed by atoms with Crippen molar-refractivity contribution in [1.82, 2.24) is 4.90 Å². The van der Waals surface area contributed by atoms with E-state index in [1.54, 1.807) is 0 Å². The van der Waals surface area contributed by atoms with Crippen molar-refractivity contribution < 1.29 is 0 Å². The van der Waals surface area contributed by atoms with Crippen LogP contribution in [-0.4, -0.2) is 22.9 Å². The van der Waals surface area contributed by atoms with Gasteiger partial charge in [-0.25, -0.2) is 0 Å². The molecule has 0 aromatic rings. The number of alkyl halides is 1. The normalized spacial score (nSPS) is 14.1. The van der Waals surface area contributed by atoms with Gasteiger partial charge in [0.25, 0.3) is 0 Å². The van der Waals surface area contributed by atoms with E-state index in [0.29, 0.717) is 4.95 Å². The van der Waals surface area contributed by atoms with E-state index >= 15 is 0 Å². The largest absolute Gasteiger partial charge is 0.291 e. The van der Waals surface area contributed by atoms with Crippen molar-refractivity contribution in [2.24, 2.45) is 0 Å². The molecule has 0 aliphatic carbocycles. The Bertz CT molecular complexity index is 67.7. The van der Waals surface area contributed by atoms with Gasteiger partial charge in [-0.2, -0.15) is 0 Å². The van der Waals surface area contributed by atoms with Crippen molar-refractivity contribution in [2.75, 3.05) is 13.1 Å². The summed E-state index contributed by atoms with van der Waals surface area (Å²) in [5, 5.41) is 0. The Balaban J connectivity index is 3.50. The van der Waals surface area contributed by atoms with Crippen LogP contribution in [0.5, 0.6) is 0 Å². The van der Waals surface area contributed by atoms with Crippen LogP contribution >= 0.6 is 15.9 Å². The molecule has 0 radical (unpaired) electrons. The zero-order chi connectivity index (χ0) is 7.98. The minimum atomic E-state index is 0.535. The van der Waals surface area contributed by atoms with E-state index in [-0.39, 0.29) is 0 Å². The van der Waals surface area contributed by atoms with E-state index in [1.165, 1.54) is 25.9 Å². The third kappa shape index (κ3) is 4.29. The van der Waals surface area contributed by atoms with E-state index in [9.17, 15) is 0 Å². The average molecular weight is 208 g/mol. The molecular weight excluding hydrogens is 190 g/mol. The molecule has 0 aliphatic rings. The second-order valence-electron chi connectivity index (χ2n) is 2.61. The molecule has 1 nitrogen and oxygen atoms in total. The highest BCUT2D eigenvalue weighted by Gasteiger charge is 2.06. The Morgan fingerprint density at radius 1 is 1.20 bits per heavy atom. The smallest absolute Gasteiger partial charge is 0.0626 e. The first kappa shape index (κ1) is 10.4. The van der Waals surface area contributed by atoms with Crippen LogP contribution in [0.1, 0.15) is 33.6 Å². The highest BCUT2D eigenvalue weighted by atomic mass is 79.9. The summed E-state index contributed by atoms with van der Waals surface area (Å²) >= 11 is 3.57. The number of nitrogens with zero attached hydrogens (tertiary/aromatic N) is 1. The molecule has 0 spiro atoms. The fourth-order valence-electron chi connectivity index (χ4n) is 1.04. The van der Waals surface area contributed by atoms with Crippen molar-refractivity contribution >= 4 is 15.9 Å². The molecule has 0 saturated carbocycles. The van der Waals surface area contributed by atoms with Crippen LogP contribution in [0.4, 0.5) is 0 Å². The Hall–Kier alpha value is 0.440. The predicted molar refractivity (Wildman–Crippen MR) is 50.5 cm³/mol. The number of hydrogen-bond donors (Lipinski definition) is 0. The van der Waals surface area contributed by atoms with Gasteiger partial charge < -0.3 is 0 Å². The fraction of sp³-hybridized carbons (Fsp3) is 1.00. The van der Waals surface area contributed by atoms with Crippen molar-refractivity contribution in [2.45, 2.75) is 38.6 Å². The van der Waals surface area contributed by atoms with Crippen LogP contribution in [0, 0.1) is 0 Å². The van der Waals surface area contributed by atoms with E-state index in [1.807, 2.05) is 0 Å². The van der Waals surface area contributed by atoms with Gasteiger partial charge >= 0.3 is 0 Å². The molecule has 0 aromatic carbocycles. The molecule has 1 atom stereocenters. The first-order chi connectivity index (χ1) is 4.72. The Morgan fingerprint density at radius 3 is 1.80 bits per heavy atom. The van der Waals surface area contributed by atoms with E-state index < -0.39 is 0 Å². The van der Waals surface area contributed by atoms with Crippen LogP contribution in [-0.2, 0) is 0 Å². The summed E-state index contributed by atoms with van der Waals surface area (Å²) in [5.74, 6) is 0. The van der Waals surface area contributed by atoms with Crippen LogP contribution in [0.2, 0.25) is 0 Å². The molecule has 62 valence electrons. The highest BCUT2D eigenvalue weighted by molar-refractivity contribution is 9.09. The molecule has 0 bridgehead atoms. The van der Waals surface area contributed by atoms with Gasteiger partial charge in [0.2, 0.25) is 0 Å². The average Bonchev–Trinajstić information content (AvgIpc) is 1.87. The van der Waals surface area contributed by atoms with Gasteiger partial charge in [0.15, 0.2) is 0 Å². The Morgan fingerprint density at radius 2 is 1.60 bits per heavy atom.